The zero-order valence-electron chi connectivity index (χ0n) is 7.90. The van der Waals surface area contributed by atoms with Crippen LogP contribution in [0.25, 0.3) is 10.9 Å². The number of terminal acetylenes is 1. The summed E-state index contributed by atoms with van der Waals surface area (Å²) in [5, 5.41) is 1.56. The number of hydrogen-bond acceptors (Lipinski definition) is 1. The van der Waals surface area contributed by atoms with Crippen molar-refractivity contribution in [2.75, 3.05) is 0 Å². The zero-order valence-corrected chi connectivity index (χ0v) is 8.66. The maximum Gasteiger partial charge on any atom is 0.251 e. The Morgan fingerprint density at radius 3 is 2.87 bits per heavy atom. The number of benzene rings is 1. The van der Waals surface area contributed by atoms with Crippen molar-refractivity contribution in [1.29, 1.82) is 0 Å². The van der Waals surface area contributed by atoms with E-state index in [1.165, 1.54) is 6.07 Å². The van der Waals surface area contributed by atoms with Gasteiger partial charge in [0.1, 0.15) is 0 Å². The van der Waals surface area contributed by atoms with Crippen LogP contribution < -0.4 is 5.56 Å². The van der Waals surface area contributed by atoms with Crippen molar-refractivity contribution < 1.29 is 0 Å². The van der Waals surface area contributed by atoms with Gasteiger partial charge < -0.3 is 0 Å². The van der Waals surface area contributed by atoms with Gasteiger partial charge in [0, 0.05) is 11.1 Å². The molecule has 3 heteroatoms. The number of halogens is 1. The largest absolute Gasteiger partial charge is 0.297 e. The Morgan fingerprint density at radius 1 is 1.33 bits per heavy atom. The van der Waals surface area contributed by atoms with Crippen LogP contribution in [0.15, 0.2) is 35.1 Å². The van der Waals surface area contributed by atoms with Gasteiger partial charge in [-0.1, -0.05) is 17.5 Å². The Balaban J connectivity index is 2.83. The van der Waals surface area contributed by atoms with Crippen LogP contribution in [0.1, 0.15) is 0 Å². The molecule has 74 valence electrons. The van der Waals surface area contributed by atoms with Crippen LogP contribution in [0.4, 0.5) is 0 Å². The van der Waals surface area contributed by atoms with Gasteiger partial charge in [-0.3, -0.25) is 9.36 Å². The van der Waals surface area contributed by atoms with Gasteiger partial charge in [0.05, 0.1) is 12.1 Å². The summed E-state index contributed by atoms with van der Waals surface area (Å²) in [4.78, 5) is 11.5. The number of pyridine rings is 1. The molecule has 0 atom stereocenters. The van der Waals surface area contributed by atoms with Crippen LogP contribution in [0.3, 0.4) is 0 Å². The van der Waals surface area contributed by atoms with Crippen LogP contribution in [0.2, 0.25) is 5.02 Å². The second-order valence-corrected chi connectivity index (χ2v) is 3.60. The van der Waals surface area contributed by atoms with E-state index in [9.17, 15) is 4.79 Å². The molecule has 2 aromatic rings. The smallest absolute Gasteiger partial charge is 0.251 e. The van der Waals surface area contributed by atoms with E-state index in [-0.39, 0.29) is 12.1 Å². The predicted molar refractivity (Wildman–Crippen MR) is 62.1 cm³/mol. The molecule has 2 rings (SSSR count). The molecular formula is C12H8ClNO. The van der Waals surface area contributed by atoms with Crippen molar-refractivity contribution in [3.63, 3.8) is 0 Å². The standard InChI is InChI=1S/C12H8ClNO/c1-2-7-14-11-5-4-10(13)8-9(11)3-6-12(14)15/h1,3-6,8H,7H2. The second-order valence-electron chi connectivity index (χ2n) is 3.16. The van der Waals surface area contributed by atoms with E-state index in [4.69, 9.17) is 18.0 Å². The van der Waals surface area contributed by atoms with Crippen molar-refractivity contribution in [3.8, 4) is 12.3 Å². The summed E-state index contributed by atoms with van der Waals surface area (Å²) in [5.41, 5.74) is 0.715. The Bertz CT molecular complexity index is 607. The Labute approximate surface area is 92.1 Å². The van der Waals surface area contributed by atoms with Gasteiger partial charge in [0.2, 0.25) is 0 Å². The summed E-state index contributed by atoms with van der Waals surface area (Å²) in [7, 11) is 0. The van der Waals surface area contributed by atoms with Gasteiger partial charge in [-0.15, -0.1) is 6.42 Å². The first-order valence-electron chi connectivity index (χ1n) is 4.45. The maximum atomic E-state index is 11.5. The van der Waals surface area contributed by atoms with E-state index in [0.717, 1.165) is 10.9 Å². The summed E-state index contributed by atoms with van der Waals surface area (Å²) in [5.74, 6) is 2.46. The fourth-order valence-electron chi connectivity index (χ4n) is 1.53. The highest BCUT2D eigenvalue weighted by molar-refractivity contribution is 6.31. The van der Waals surface area contributed by atoms with Crippen LogP contribution in [0, 0.1) is 12.3 Å². The molecule has 2 nitrogen and oxygen atoms in total. The lowest BCUT2D eigenvalue weighted by atomic mass is 10.2. The lowest BCUT2D eigenvalue weighted by Gasteiger charge is -2.06. The van der Waals surface area contributed by atoms with Gasteiger partial charge in [0.15, 0.2) is 0 Å². The van der Waals surface area contributed by atoms with Gasteiger partial charge >= 0.3 is 0 Å². The van der Waals surface area contributed by atoms with Crippen molar-refractivity contribution in [2.24, 2.45) is 0 Å². The molecule has 0 aliphatic rings. The Hall–Kier alpha value is -1.72. The average molecular weight is 218 g/mol. The molecule has 15 heavy (non-hydrogen) atoms. The molecule has 0 spiro atoms. The molecule has 0 amide bonds. The van der Waals surface area contributed by atoms with Crippen molar-refractivity contribution >= 4 is 22.5 Å². The number of rotatable bonds is 1. The van der Waals surface area contributed by atoms with E-state index >= 15 is 0 Å². The summed E-state index contributed by atoms with van der Waals surface area (Å²) < 4.78 is 1.55. The third kappa shape index (κ3) is 1.74. The van der Waals surface area contributed by atoms with Gasteiger partial charge in [-0.05, 0) is 29.7 Å². The second kappa shape index (κ2) is 3.80. The zero-order chi connectivity index (χ0) is 10.8. The van der Waals surface area contributed by atoms with E-state index in [2.05, 4.69) is 5.92 Å². The predicted octanol–water partition coefficient (Wildman–Crippen LogP) is 2.29. The minimum absolute atomic E-state index is 0.0947. The minimum atomic E-state index is -0.0947. The van der Waals surface area contributed by atoms with Gasteiger partial charge in [-0.2, -0.15) is 0 Å². The summed E-state index contributed by atoms with van der Waals surface area (Å²) >= 11 is 5.86. The first-order valence-corrected chi connectivity index (χ1v) is 4.83. The van der Waals surface area contributed by atoms with Crippen LogP contribution in [0.5, 0.6) is 0 Å². The highest BCUT2D eigenvalue weighted by Crippen LogP contribution is 2.17. The quantitative estimate of drug-likeness (QED) is 0.672. The topological polar surface area (TPSA) is 22.0 Å². The third-order valence-corrected chi connectivity index (χ3v) is 2.44. The Kier molecular flexibility index (Phi) is 2.49. The highest BCUT2D eigenvalue weighted by Gasteiger charge is 2.01. The molecule has 1 heterocycles. The fraction of sp³-hybridized carbons (Fsp3) is 0.0833. The van der Waals surface area contributed by atoms with E-state index in [1.807, 2.05) is 6.07 Å². The SMILES string of the molecule is C#CCn1c(=O)ccc2cc(Cl)ccc21. The fourth-order valence-corrected chi connectivity index (χ4v) is 1.71. The first kappa shape index (κ1) is 9.82. The minimum Gasteiger partial charge on any atom is -0.297 e. The van der Waals surface area contributed by atoms with Crippen molar-refractivity contribution in [1.82, 2.24) is 4.57 Å². The number of nitrogens with zero attached hydrogens (tertiary/aromatic N) is 1. The molecule has 0 fully saturated rings. The highest BCUT2D eigenvalue weighted by atomic mass is 35.5. The molecule has 1 aromatic carbocycles. The van der Waals surface area contributed by atoms with Crippen LogP contribution in [-0.2, 0) is 6.54 Å². The lowest BCUT2D eigenvalue weighted by molar-refractivity contribution is 0.836. The van der Waals surface area contributed by atoms with Crippen molar-refractivity contribution in [3.05, 3.63) is 45.7 Å². The van der Waals surface area contributed by atoms with Gasteiger partial charge in [0.25, 0.3) is 5.56 Å². The average Bonchev–Trinajstić information content (AvgIpc) is 2.22. The molecule has 0 aliphatic heterocycles. The molecule has 0 saturated heterocycles. The Morgan fingerprint density at radius 2 is 2.13 bits per heavy atom. The van der Waals surface area contributed by atoms with E-state index in [1.54, 1.807) is 22.8 Å². The molecule has 0 N–H and O–H groups in total. The lowest BCUT2D eigenvalue weighted by Crippen LogP contribution is -2.18. The molecule has 1 aromatic heterocycles. The van der Waals surface area contributed by atoms with Gasteiger partial charge in [-0.25, -0.2) is 0 Å². The maximum absolute atomic E-state index is 11.5. The normalized spacial score (nSPS) is 10.1. The molecule has 0 radical (unpaired) electrons. The number of fused-ring (bicyclic) bond motifs is 1. The summed E-state index contributed by atoms with van der Waals surface area (Å²) in [6.45, 7) is 0.276. The van der Waals surface area contributed by atoms with Crippen LogP contribution >= 0.6 is 11.6 Å². The number of hydrogen-bond donors (Lipinski definition) is 0. The molecule has 0 unspecified atom stereocenters. The molecule has 0 saturated carbocycles. The molecule has 0 bridgehead atoms. The summed E-state index contributed by atoms with van der Waals surface area (Å²) in [6.07, 6.45) is 5.21. The van der Waals surface area contributed by atoms with Crippen LogP contribution in [-0.4, -0.2) is 4.57 Å². The monoisotopic (exact) mass is 217 g/mol. The van der Waals surface area contributed by atoms with E-state index < -0.39 is 0 Å². The molecular weight excluding hydrogens is 210 g/mol. The summed E-state index contributed by atoms with van der Waals surface area (Å²) in [6, 6.07) is 8.60. The van der Waals surface area contributed by atoms with Crippen molar-refractivity contribution in [2.45, 2.75) is 6.54 Å². The third-order valence-electron chi connectivity index (χ3n) is 2.20. The van der Waals surface area contributed by atoms with E-state index in [0.29, 0.717) is 5.02 Å². The first-order chi connectivity index (χ1) is 7.22. The number of aromatic nitrogens is 1. The molecule has 0 aliphatic carbocycles.